The van der Waals surface area contributed by atoms with Gasteiger partial charge < -0.3 is 14.6 Å². The molecule has 1 unspecified atom stereocenters. The standard InChI is InChI=1S/C26H24ClF6N5O/c1-15(5-8-20(34-2)26(31,32)33)25(39,21-13-35-14-37(21)3)16-6-7-19-17(11-16)22(27)18(12-24(28,29)30)23(36-19)38-9-4-10-38/h5-8,11,13-14,39H,1,4,9-10,12H2,2-3H3/b8-5-,34-20?. The second kappa shape index (κ2) is 10.3. The summed E-state index contributed by atoms with van der Waals surface area (Å²) >= 11 is 6.56. The van der Waals surface area contributed by atoms with Gasteiger partial charge in [0.05, 0.1) is 35.2 Å². The minimum absolute atomic E-state index is 0.0913. The van der Waals surface area contributed by atoms with Gasteiger partial charge in [-0.2, -0.15) is 26.3 Å². The Bertz CT molecular complexity index is 1470. The maximum absolute atomic E-state index is 13.5. The second-order valence-electron chi connectivity index (χ2n) is 9.16. The van der Waals surface area contributed by atoms with E-state index >= 15 is 0 Å². The minimum Gasteiger partial charge on any atom is -0.374 e. The number of anilines is 1. The number of aliphatic imine (C=N–C) groups is 1. The molecule has 4 rings (SSSR count). The number of hydrogen-bond acceptors (Lipinski definition) is 5. The summed E-state index contributed by atoms with van der Waals surface area (Å²) in [5, 5.41) is 12.0. The van der Waals surface area contributed by atoms with E-state index in [4.69, 9.17) is 11.6 Å². The first-order valence-corrected chi connectivity index (χ1v) is 12.1. The Kier molecular flexibility index (Phi) is 7.56. The molecule has 0 amide bonds. The van der Waals surface area contributed by atoms with Crippen LogP contribution in [0, 0.1) is 0 Å². The number of allylic oxidation sites excluding steroid dienone is 1. The van der Waals surface area contributed by atoms with Crippen molar-refractivity contribution in [3.05, 3.63) is 76.9 Å². The number of aliphatic hydroxyl groups is 1. The van der Waals surface area contributed by atoms with Crippen LogP contribution in [-0.4, -0.2) is 57.8 Å². The fourth-order valence-electron chi connectivity index (χ4n) is 4.42. The van der Waals surface area contributed by atoms with Crippen LogP contribution in [0.1, 0.15) is 23.2 Å². The van der Waals surface area contributed by atoms with E-state index in [1.54, 1.807) is 11.9 Å². The summed E-state index contributed by atoms with van der Waals surface area (Å²) in [6.07, 6.45) is -5.43. The molecule has 2 aromatic heterocycles. The van der Waals surface area contributed by atoms with Gasteiger partial charge in [-0.05, 0) is 35.8 Å². The molecule has 13 heteroatoms. The van der Waals surface area contributed by atoms with Crippen molar-refractivity contribution in [3.63, 3.8) is 0 Å². The van der Waals surface area contributed by atoms with Gasteiger partial charge in [0.25, 0.3) is 0 Å². The van der Waals surface area contributed by atoms with Crippen molar-refractivity contribution in [2.75, 3.05) is 25.0 Å². The molecule has 0 radical (unpaired) electrons. The summed E-state index contributed by atoms with van der Waals surface area (Å²) < 4.78 is 81.6. The number of alkyl halides is 6. The Labute approximate surface area is 224 Å². The molecular weight excluding hydrogens is 548 g/mol. The summed E-state index contributed by atoms with van der Waals surface area (Å²) in [7, 11) is 2.55. The van der Waals surface area contributed by atoms with Crippen LogP contribution in [0.15, 0.2) is 60.0 Å². The highest BCUT2D eigenvalue weighted by atomic mass is 35.5. The minimum atomic E-state index is -4.73. The Morgan fingerprint density at radius 3 is 2.38 bits per heavy atom. The number of rotatable bonds is 7. The van der Waals surface area contributed by atoms with E-state index in [1.165, 1.54) is 35.3 Å². The second-order valence-corrected chi connectivity index (χ2v) is 9.54. The van der Waals surface area contributed by atoms with Gasteiger partial charge in [0.1, 0.15) is 11.5 Å². The zero-order valence-corrected chi connectivity index (χ0v) is 21.7. The van der Waals surface area contributed by atoms with Crippen molar-refractivity contribution < 1.29 is 31.4 Å². The Hall–Kier alpha value is -3.38. The zero-order valence-electron chi connectivity index (χ0n) is 20.9. The third-order valence-electron chi connectivity index (χ3n) is 6.57. The van der Waals surface area contributed by atoms with Crippen LogP contribution in [0.3, 0.4) is 0 Å². The zero-order chi connectivity index (χ0) is 28.8. The lowest BCUT2D eigenvalue weighted by atomic mass is 9.83. The third kappa shape index (κ3) is 5.53. The first-order chi connectivity index (χ1) is 18.2. The molecule has 6 nitrogen and oxygen atoms in total. The van der Waals surface area contributed by atoms with Crippen molar-refractivity contribution in [1.29, 1.82) is 0 Å². The van der Waals surface area contributed by atoms with Crippen LogP contribution < -0.4 is 4.90 Å². The van der Waals surface area contributed by atoms with E-state index in [2.05, 4.69) is 21.5 Å². The Morgan fingerprint density at radius 2 is 1.87 bits per heavy atom. The predicted octanol–water partition coefficient (Wildman–Crippen LogP) is 5.92. The largest absolute Gasteiger partial charge is 0.432 e. The molecule has 3 aromatic rings. The van der Waals surface area contributed by atoms with E-state index in [1.807, 2.05) is 0 Å². The van der Waals surface area contributed by atoms with Crippen LogP contribution in [0.4, 0.5) is 32.2 Å². The molecule has 1 aliphatic rings. The predicted molar refractivity (Wildman–Crippen MR) is 137 cm³/mol. The number of benzene rings is 1. The summed E-state index contributed by atoms with van der Waals surface area (Å²) in [5.74, 6) is 0.150. The van der Waals surface area contributed by atoms with Gasteiger partial charge in [0.15, 0.2) is 5.60 Å². The molecule has 1 aromatic carbocycles. The lowest BCUT2D eigenvalue weighted by molar-refractivity contribution is -0.127. The topological polar surface area (TPSA) is 66.5 Å². The molecular formula is C26H24ClF6N5O. The van der Waals surface area contributed by atoms with Gasteiger partial charge in [-0.1, -0.05) is 30.3 Å². The number of hydrogen-bond donors (Lipinski definition) is 1. The normalized spacial score (nSPS) is 16.6. The van der Waals surface area contributed by atoms with Crippen molar-refractivity contribution in [1.82, 2.24) is 14.5 Å². The molecule has 1 aliphatic heterocycles. The number of aromatic nitrogens is 3. The van der Waals surface area contributed by atoms with E-state index in [9.17, 15) is 31.4 Å². The molecule has 1 atom stereocenters. The number of fused-ring (bicyclic) bond motifs is 1. The van der Waals surface area contributed by atoms with Crippen molar-refractivity contribution in [2.24, 2.45) is 12.0 Å². The molecule has 1 saturated heterocycles. The van der Waals surface area contributed by atoms with Gasteiger partial charge in [-0.15, -0.1) is 0 Å². The number of pyridine rings is 1. The van der Waals surface area contributed by atoms with Gasteiger partial charge in [0.2, 0.25) is 0 Å². The van der Waals surface area contributed by atoms with Gasteiger partial charge in [-0.25, -0.2) is 9.97 Å². The van der Waals surface area contributed by atoms with Crippen LogP contribution in [-0.2, 0) is 19.1 Å². The number of imidazole rings is 1. The molecule has 0 spiro atoms. The Balaban J connectivity index is 1.90. The molecule has 1 N–H and O–H groups in total. The van der Waals surface area contributed by atoms with Gasteiger partial charge in [-0.3, -0.25) is 4.99 Å². The fraction of sp³-hybridized carbons (Fsp3) is 0.346. The first-order valence-electron chi connectivity index (χ1n) is 11.7. The molecule has 0 aliphatic carbocycles. The number of nitrogens with zero attached hydrogens (tertiary/aromatic N) is 5. The van der Waals surface area contributed by atoms with Crippen LogP contribution >= 0.6 is 11.6 Å². The van der Waals surface area contributed by atoms with Crippen molar-refractivity contribution >= 4 is 34.0 Å². The molecule has 0 bridgehead atoms. The van der Waals surface area contributed by atoms with Crippen LogP contribution in [0.25, 0.3) is 10.9 Å². The van der Waals surface area contributed by atoms with E-state index in [0.717, 1.165) is 19.5 Å². The smallest absolute Gasteiger partial charge is 0.374 e. The van der Waals surface area contributed by atoms with E-state index in [0.29, 0.717) is 24.7 Å². The highest BCUT2D eigenvalue weighted by Crippen LogP contribution is 2.42. The average molecular weight is 572 g/mol. The highest BCUT2D eigenvalue weighted by Gasteiger charge is 2.39. The quantitative estimate of drug-likeness (QED) is 0.217. The molecule has 0 saturated carbocycles. The average Bonchev–Trinajstić information content (AvgIpc) is 3.24. The van der Waals surface area contributed by atoms with Gasteiger partial charge >= 0.3 is 12.4 Å². The number of halogens is 7. The van der Waals surface area contributed by atoms with Crippen LogP contribution in [0.2, 0.25) is 5.02 Å². The SMILES string of the molecule is C=C(/C=C\C(=NC)C(F)(F)F)C(O)(c1ccc2nc(N3CCC3)c(CC(F)(F)F)c(Cl)c2c1)c1cncn1C. The molecule has 1 fully saturated rings. The summed E-state index contributed by atoms with van der Waals surface area (Å²) in [6, 6.07) is 4.33. The van der Waals surface area contributed by atoms with E-state index in [-0.39, 0.29) is 38.6 Å². The van der Waals surface area contributed by atoms with Gasteiger partial charge in [0, 0.05) is 38.1 Å². The monoisotopic (exact) mass is 571 g/mol. The highest BCUT2D eigenvalue weighted by molar-refractivity contribution is 6.36. The summed E-state index contributed by atoms with van der Waals surface area (Å²) in [5.41, 5.74) is -3.16. The molecule has 39 heavy (non-hydrogen) atoms. The van der Waals surface area contributed by atoms with Crippen molar-refractivity contribution in [3.8, 4) is 0 Å². The third-order valence-corrected chi connectivity index (χ3v) is 7.00. The summed E-state index contributed by atoms with van der Waals surface area (Å²) in [4.78, 5) is 13.4. The van der Waals surface area contributed by atoms with E-state index < -0.39 is 30.1 Å². The lowest BCUT2D eigenvalue weighted by Crippen LogP contribution is -2.38. The lowest BCUT2D eigenvalue weighted by Gasteiger charge is -2.34. The molecule has 3 heterocycles. The van der Waals surface area contributed by atoms with Crippen molar-refractivity contribution in [2.45, 2.75) is 30.8 Å². The maximum atomic E-state index is 13.5. The first kappa shape index (κ1) is 28.6. The molecule has 208 valence electrons. The number of aryl methyl sites for hydroxylation is 1. The fourth-order valence-corrected chi connectivity index (χ4v) is 4.73. The maximum Gasteiger partial charge on any atom is 0.432 e. The Morgan fingerprint density at radius 1 is 1.18 bits per heavy atom. The van der Waals surface area contributed by atoms with Crippen LogP contribution in [0.5, 0.6) is 0 Å². The summed E-state index contributed by atoms with van der Waals surface area (Å²) in [6.45, 7) is 4.90.